The van der Waals surface area contributed by atoms with Crippen molar-refractivity contribution in [1.29, 1.82) is 0 Å². The molecule has 0 spiro atoms. The molecule has 4 nitrogen and oxygen atoms in total. The van der Waals surface area contributed by atoms with E-state index in [1.54, 1.807) is 48.5 Å². The lowest BCUT2D eigenvalue weighted by Gasteiger charge is -2.09. The Morgan fingerprint density at radius 2 is 1.46 bits per heavy atom. The molecule has 144 valence electrons. The van der Waals surface area contributed by atoms with Gasteiger partial charge in [-0.15, -0.1) is 0 Å². The zero-order valence-electron chi connectivity index (χ0n) is 16.2. The summed E-state index contributed by atoms with van der Waals surface area (Å²) in [5.41, 5.74) is 5.14. The molecule has 0 saturated carbocycles. The molecule has 0 aliphatic carbocycles. The van der Waals surface area contributed by atoms with Gasteiger partial charge in [-0.3, -0.25) is 4.79 Å². The quantitative estimate of drug-likeness (QED) is 0.675. The van der Waals surface area contributed by atoms with E-state index in [4.69, 9.17) is 0 Å². The number of amides is 1. The molecule has 3 rings (SSSR count). The van der Waals surface area contributed by atoms with Crippen LogP contribution in [-0.2, 0) is 15.6 Å². The lowest BCUT2D eigenvalue weighted by Crippen LogP contribution is -2.12. The Morgan fingerprint density at radius 1 is 0.821 bits per heavy atom. The average molecular weight is 394 g/mol. The third-order valence-electron chi connectivity index (χ3n) is 4.72. The van der Waals surface area contributed by atoms with Crippen molar-refractivity contribution in [2.45, 2.75) is 31.4 Å². The normalized spacial score (nSPS) is 11.2. The molecule has 0 bridgehead atoms. The summed E-state index contributed by atoms with van der Waals surface area (Å²) >= 11 is 0. The summed E-state index contributed by atoms with van der Waals surface area (Å²) in [5.74, 6) is -0.328. The minimum atomic E-state index is -3.42. The number of nitrogens with one attached hydrogen (secondary N) is 1. The lowest BCUT2D eigenvalue weighted by molar-refractivity contribution is 0.102. The second-order valence-electron chi connectivity index (χ2n) is 7.02. The summed E-state index contributed by atoms with van der Waals surface area (Å²) in [7, 11) is -3.42. The van der Waals surface area contributed by atoms with E-state index in [-0.39, 0.29) is 11.7 Å². The maximum absolute atomic E-state index is 12.6. The highest BCUT2D eigenvalue weighted by molar-refractivity contribution is 7.90. The van der Waals surface area contributed by atoms with Gasteiger partial charge in [0.2, 0.25) is 0 Å². The van der Waals surface area contributed by atoms with Crippen LogP contribution in [0.25, 0.3) is 0 Å². The predicted octanol–water partition coefficient (Wildman–Crippen LogP) is 4.84. The van der Waals surface area contributed by atoms with Crippen molar-refractivity contribution >= 4 is 21.4 Å². The van der Waals surface area contributed by atoms with Crippen LogP contribution in [0.2, 0.25) is 0 Å². The molecule has 0 aliphatic rings. The van der Waals surface area contributed by atoms with Gasteiger partial charge >= 0.3 is 0 Å². The Morgan fingerprint density at radius 3 is 2.07 bits per heavy atom. The van der Waals surface area contributed by atoms with Crippen LogP contribution in [0.15, 0.2) is 71.6 Å². The highest BCUT2D eigenvalue weighted by Crippen LogP contribution is 2.19. The predicted molar refractivity (Wildman–Crippen MR) is 112 cm³/mol. The molecule has 3 aromatic carbocycles. The van der Waals surface area contributed by atoms with Gasteiger partial charge in [-0.25, -0.2) is 8.42 Å². The van der Waals surface area contributed by atoms with Gasteiger partial charge < -0.3 is 5.32 Å². The molecular formula is C23H23NO3S. The average Bonchev–Trinajstić information content (AvgIpc) is 2.65. The van der Waals surface area contributed by atoms with Crippen molar-refractivity contribution in [3.63, 3.8) is 0 Å². The summed E-state index contributed by atoms with van der Waals surface area (Å²) in [6, 6.07) is 19.2. The van der Waals surface area contributed by atoms with E-state index in [2.05, 4.69) is 5.32 Å². The fourth-order valence-corrected chi connectivity index (χ4v) is 4.17. The second kappa shape index (κ2) is 7.98. The van der Waals surface area contributed by atoms with Crippen LogP contribution in [0.3, 0.4) is 0 Å². The molecule has 0 aromatic heterocycles. The molecule has 0 aliphatic heterocycles. The molecule has 0 atom stereocenters. The van der Waals surface area contributed by atoms with Crippen molar-refractivity contribution < 1.29 is 13.2 Å². The minimum Gasteiger partial charge on any atom is -0.322 e. The Labute approximate surface area is 166 Å². The zero-order valence-corrected chi connectivity index (χ0v) is 17.0. The van der Waals surface area contributed by atoms with Crippen molar-refractivity contribution in [2.75, 3.05) is 5.32 Å². The SMILES string of the molecule is Cc1ccc(S(=O)(=O)Cc2ccc(C(=O)Nc3ccc(C)c(C)c3)cc2)cc1. The van der Waals surface area contributed by atoms with E-state index in [9.17, 15) is 13.2 Å². The van der Waals surface area contributed by atoms with E-state index in [0.717, 1.165) is 22.4 Å². The van der Waals surface area contributed by atoms with Crippen molar-refractivity contribution in [2.24, 2.45) is 0 Å². The van der Waals surface area contributed by atoms with E-state index in [0.29, 0.717) is 16.0 Å². The van der Waals surface area contributed by atoms with Crippen molar-refractivity contribution in [3.8, 4) is 0 Å². The fourth-order valence-electron chi connectivity index (χ4n) is 2.82. The Balaban J connectivity index is 1.71. The monoisotopic (exact) mass is 393 g/mol. The van der Waals surface area contributed by atoms with Gasteiger partial charge in [0.15, 0.2) is 9.84 Å². The number of hydrogen-bond acceptors (Lipinski definition) is 3. The Hall–Kier alpha value is -2.92. The number of benzene rings is 3. The van der Waals surface area contributed by atoms with Gasteiger partial charge in [0.1, 0.15) is 0 Å². The minimum absolute atomic E-state index is 0.102. The highest BCUT2D eigenvalue weighted by atomic mass is 32.2. The van der Waals surface area contributed by atoms with E-state index in [1.165, 1.54) is 0 Å². The van der Waals surface area contributed by atoms with Gasteiger partial charge in [0.05, 0.1) is 10.6 Å². The van der Waals surface area contributed by atoms with Crippen molar-refractivity contribution in [1.82, 2.24) is 0 Å². The molecular weight excluding hydrogens is 370 g/mol. The molecule has 1 N–H and O–H groups in total. The number of sulfone groups is 1. The lowest BCUT2D eigenvalue weighted by atomic mass is 10.1. The topological polar surface area (TPSA) is 63.2 Å². The molecule has 5 heteroatoms. The van der Waals surface area contributed by atoms with E-state index < -0.39 is 9.84 Å². The number of anilines is 1. The first kappa shape index (κ1) is 19.8. The van der Waals surface area contributed by atoms with Crippen LogP contribution in [0, 0.1) is 20.8 Å². The second-order valence-corrected chi connectivity index (χ2v) is 9.01. The summed E-state index contributed by atoms with van der Waals surface area (Å²) in [5, 5.41) is 2.87. The number of rotatable bonds is 5. The van der Waals surface area contributed by atoms with Crippen LogP contribution in [0.1, 0.15) is 32.6 Å². The van der Waals surface area contributed by atoms with E-state index >= 15 is 0 Å². The largest absolute Gasteiger partial charge is 0.322 e. The Bertz CT molecular complexity index is 1100. The smallest absolute Gasteiger partial charge is 0.255 e. The standard InChI is InChI=1S/C23H23NO3S/c1-16-4-12-22(13-5-16)28(26,27)15-19-7-9-20(10-8-19)23(25)24-21-11-6-17(2)18(3)14-21/h4-14H,15H2,1-3H3,(H,24,25). The number of hydrogen-bond donors (Lipinski definition) is 1. The van der Waals surface area contributed by atoms with Crippen LogP contribution in [0.4, 0.5) is 5.69 Å². The maximum Gasteiger partial charge on any atom is 0.255 e. The number of aryl methyl sites for hydroxylation is 3. The first-order valence-electron chi connectivity index (χ1n) is 9.01. The maximum atomic E-state index is 12.6. The van der Waals surface area contributed by atoms with Gasteiger partial charge in [-0.2, -0.15) is 0 Å². The van der Waals surface area contributed by atoms with Gasteiger partial charge in [0.25, 0.3) is 5.91 Å². The third-order valence-corrected chi connectivity index (χ3v) is 6.42. The summed E-state index contributed by atoms with van der Waals surface area (Å²) in [6.45, 7) is 5.93. The Kier molecular flexibility index (Phi) is 5.66. The first-order chi connectivity index (χ1) is 13.2. The molecule has 0 heterocycles. The van der Waals surface area contributed by atoms with Gasteiger partial charge in [0, 0.05) is 11.3 Å². The molecule has 3 aromatic rings. The zero-order chi connectivity index (χ0) is 20.3. The molecule has 1 amide bonds. The molecule has 0 fully saturated rings. The number of carbonyl (C=O) groups excluding carboxylic acids is 1. The number of carbonyl (C=O) groups is 1. The van der Waals surface area contributed by atoms with Crippen molar-refractivity contribution in [3.05, 3.63) is 94.5 Å². The third kappa shape index (κ3) is 4.67. The van der Waals surface area contributed by atoms with Crippen LogP contribution in [0.5, 0.6) is 0 Å². The highest BCUT2D eigenvalue weighted by Gasteiger charge is 2.15. The molecule has 28 heavy (non-hydrogen) atoms. The van der Waals surface area contributed by atoms with Crippen LogP contribution in [-0.4, -0.2) is 14.3 Å². The van der Waals surface area contributed by atoms with E-state index in [1.807, 2.05) is 39.0 Å². The van der Waals surface area contributed by atoms with Gasteiger partial charge in [-0.05, 0) is 73.9 Å². The summed E-state index contributed by atoms with van der Waals surface area (Å²) in [4.78, 5) is 12.7. The molecule has 0 unspecified atom stereocenters. The molecule has 0 radical (unpaired) electrons. The first-order valence-corrected chi connectivity index (χ1v) is 10.7. The van der Waals surface area contributed by atoms with Crippen LogP contribution >= 0.6 is 0 Å². The van der Waals surface area contributed by atoms with Gasteiger partial charge in [-0.1, -0.05) is 35.9 Å². The summed E-state index contributed by atoms with van der Waals surface area (Å²) < 4.78 is 25.1. The fraction of sp³-hybridized carbons (Fsp3) is 0.174. The molecule has 0 saturated heterocycles. The van der Waals surface area contributed by atoms with Crippen LogP contribution < -0.4 is 5.32 Å². The summed E-state index contributed by atoms with van der Waals surface area (Å²) in [6.07, 6.45) is 0.